The highest BCUT2D eigenvalue weighted by atomic mass is 32.2. The first-order valence-electron chi connectivity index (χ1n) is 5.42. The predicted octanol–water partition coefficient (Wildman–Crippen LogP) is 1.10. The summed E-state index contributed by atoms with van der Waals surface area (Å²) in [6, 6.07) is 5.11. The molecule has 0 aliphatic heterocycles. The van der Waals surface area contributed by atoms with E-state index in [-0.39, 0.29) is 16.6 Å². The maximum Gasteiger partial charge on any atom is 0.240 e. The number of sulfonamides is 1. The van der Waals surface area contributed by atoms with Crippen LogP contribution in [0.3, 0.4) is 0 Å². The van der Waals surface area contributed by atoms with Crippen LogP contribution in [0.5, 0.6) is 0 Å². The summed E-state index contributed by atoms with van der Waals surface area (Å²) in [4.78, 5) is 1.93. The Hall–Kier alpha value is -0.920. The average molecular weight is 289 g/mol. The second kappa shape index (κ2) is 5.81. The zero-order valence-electron chi connectivity index (χ0n) is 10.8. The van der Waals surface area contributed by atoms with Gasteiger partial charge in [0.05, 0.1) is 11.4 Å². The van der Waals surface area contributed by atoms with Crippen LogP contribution >= 0.6 is 11.8 Å². The third-order valence-corrected chi connectivity index (χ3v) is 4.58. The molecule has 0 fully saturated rings. The minimum atomic E-state index is -3.78. The Morgan fingerprint density at radius 1 is 1.44 bits per heavy atom. The van der Waals surface area contributed by atoms with E-state index in [1.807, 2.05) is 18.2 Å². The van der Waals surface area contributed by atoms with E-state index in [9.17, 15) is 8.42 Å². The third-order valence-electron chi connectivity index (χ3n) is 2.80. The summed E-state index contributed by atoms with van der Waals surface area (Å²) in [5.74, 6) is 0.926. The number of rotatable bonds is 5. The fraction of sp³-hybridized carbons (Fsp3) is 0.455. The molecule has 1 aromatic rings. The summed E-state index contributed by atoms with van der Waals surface area (Å²) >= 11 is 1.72. The minimum absolute atomic E-state index is 0.0248. The molecule has 0 saturated heterocycles. The number of hydrogen-bond donors (Lipinski definition) is 2. The van der Waals surface area contributed by atoms with Gasteiger partial charge in [0.25, 0.3) is 0 Å². The summed E-state index contributed by atoms with van der Waals surface area (Å²) in [6.45, 7) is 2.06. The Morgan fingerprint density at radius 2 is 2.06 bits per heavy atom. The van der Waals surface area contributed by atoms with Gasteiger partial charge in [0.1, 0.15) is 4.90 Å². The molecule has 1 atom stereocenters. The van der Waals surface area contributed by atoms with Crippen LogP contribution in [0.1, 0.15) is 6.92 Å². The highest BCUT2D eigenvalue weighted by Gasteiger charge is 2.18. The Bertz CT molecular complexity index is 517. The van der Waals surface area contributed by atoms with Gasteiger partial charge in [0.2, 0.25) is 10.0 Å². The molecular weight excluding hydrogens is 270 g/mol. The van der Waals surface area contributed by atoms with E-state index in [1.165, 1.54) is 6.07 Å². The van der Waals surface area contributed by atoms with Crippen LogP contribution in [0.25, 0.3) is 0 Å². The van der Waals surface area contributed by atoms with Crippen molar-refractivity contribution >= 4 is 33.2 Å². The van der Waals surface area contributed by atoms with Crippen LogP contribution in [0.4, 0.5) is 11.4 Å². The van der Waals surface area contributed by atoms with Crippen LogP contribution in [-0.2, 0) is 10.0 Å². The standard InChI is InChI=1S/C11H19N3O2S2/c1-8(7-17-3)14(2)9-5-4-6-10(11(9)12)18(13,15)16/h4-6,8H,7,12H2,1-3H3,(H2,13,15,16). The number of para-hydroxylation sites is 1. The second-order valence-corrected chi connectivity index (χ2v) is 6.59. The number of anilines is 2. The van der Waals surface area contributed by atoms with Crippen LogP contribution < -0.4 is 15.8 Å². The Labute approximate surface area is 113 Å². The van der Waals surface area contributed by atoms with E-state index in [4.69, 9.17) is 10.9 Å². The molecular formula is C11H19N3O2S2. The Morgan fingerprint density at radius 3 is 2.56 bits per heavy atom. The lowest BCUT2D eigenvalue weighted by Crippen LogP contribution is -2.31. The van der Waals surface area contributed by atoms with E-state index in [1.54, 1.807) is 23.9 Å². The van der Waals surface area contributed by atoms with Crippen molar-refractivity contribution in [2.75, 3.05) is 29.7 Å². The fourth-order valence-corrected chi connectivity index (χ4v) is 3.06. The second-order valence-electron chi connectivity index (χ2n) is 4.15. The molecule has 0 saturated carbocycles. The molecule has 102 valence electrons. The Kier molecular flexibility index (Phi) is 4.89. The molecule has 4 N–H and O–H groups in total. The van der Waals surface area contributed by atoms with Crippen LogP contribution in [0, 0.1) is 0 Å². The van der Waals surface area contributed by atoms with Gasteiger partial charge in [0, 0.05) is 18.8 Å². The summed E-state index contributed by atoms with van der Waals surface area (Å²) in [5, 5.41) is 5.13. The van der Waals surface area contributed by atoms with Gasteiger partial charge in [0.15, 0.2) is 0 Å². The van der Waals surface area contributed by atoms with Gasteiger partial charge in [-0.2, -0.15) is 11.8 Å². The molecule has 18 heavy (non-hydrogen) atoms. The van der Waals surface area contributed by atoms with Crippen molar-refractivity contribution in [3.8, 4) is 0 Å². The third kappa shape index (κ3) is 3.30. The first-order chi connectivity index (χ1) is 8.29. The van der Waals surface area contributed by atoms with E-state index in [0.717, 1.165) is 5.75 Å². The van der Waals surface area contributed by atoms with Crippen molar-refractivity contribution in [3.63, 3.8) is 0 Å². The number of nitrogens with two attached hydrogens (primary N) is 2. The average Bonchev–Trinajstić information content (AvgIpc) is 2.27. The quantitative estimate of drug-likeness (QED) is 0.792. The fourth-order valence-electron chi connectivity index (χ4n) is 1.68. The molecule has 1 rings (SSSR count). The molecule has 0 aromatic heterocycles. The summed E-state index contributed by atoms with van der Waals surface area (Å²) in [6.07, 6.45) is 2.02. The highest BCUT2D eigenvalue weighted by molar-refractivity contribution is 7.98. The number of benzene rings is 1. The van der Waals surface area contributed by atoms with Gasteiger partial charge in [-0.1, -0.05) is 6.07 Å². The largest absolute Gasteiger partial charge is 0.396 e. The van der Waals surface area contributed by atoms with Gasteiger partial charge in [-0.05, 0) is 25.3 Å². The van der Waals surface area contributed by atoms with Gasteiger partial charge < -0.3 is 10.6 Å². The molecule has 0 aliphatic carbocycles. The van der Waals surface area contributed by atoms with Gasteiger partial charge in [-0.15, -0.1) is 0 Å². The van der Waals surface area contributed by atoms with Crippen molar-refractivity contribution in [1.29, 1.82) is 0 Å². The maximum absolute atomic E-state index is 11.4. The molecule has 0 heterocycles. The molecule has 0 spiro atoms. The van der Waals surface area contributed by atoms with Crippen molar-refractivity contribution < 1.29 is 8.42 Å². The summed E-state index contributed by atoms with van der Waals surface area (Å²) in [7, 11) is -1.90. The number of thioether (sulfide) groups is 1. The first-order valence-corrected chi connectivity index (χ1v) is 8.36. The van der Waals surface area contributed by atoms with E-state index >= 15 is 0 Å². The normalized spacial score (nSPS) is 13.3. The van der Waals surface area contributed by atoms with Gasteiger partial charge in [-0.25, -0.2) is 13.6 Å². The minimum Gasteiger partial charge on any atom is -0.396 e. The zero-order chi connectivity index (χ0) is 13.9. The van der Waals surface area contributed by atoms with E-state index < -0.39 is 10.0 Å². The molecule has 0 radical (unpaired) electrons. The van der Waals surface area contributed by atoms with Gasteiger partial charge >= 0.3 is 0 Å². The first kappa shape index (κ1) is 15.1. The van der Waals surface area contributed by atoms with Crippen LogP contribution in [0.2, 0.25) is 0 Å². The molecule has 1 unspecified atom stereocenters. The van der Waals surface area contributed by atoms with Gasteiger partial charge in [-0.3, -0.25) is 0 Å². The highest BCUT2D eigenvalue weighted by Crippen LogP contribution is 2.29. The number of hydrogen-bond acceptors (Lipinski definition) is 5. The number of nitrogens with zero attached hydrogens (tertiary/aromatic N) is 1. The van der Waals surface area contributed by atoms with Crippen molar-refractivity contribution in [2.24, 2.45) is 5.14 Å². The van der Waals surface area contributed by atoms with Crippen molar-refractivity contribution in [2.45, 2.75) is 17.9 Å². The lowest BCUT2D eigenvalue weighted by Gasteiger charge is -2.28. The van der Waals surface area contributed by atoms with E-state index in [2.05, 4.69) is 6.92 Å². The summed E-state index contributed by atoms with van der Waals surface area (Å²) in [5.41, 5.74) is 6.78. The van der Waals surface area contributed by atoms with Crippen LogP contribution in [0.15, 0.2) is 23.1 Å². The topological polar surface area (TPSA) is 89.4 Å². The lowest BCUT2D eigenvalue weighted by molar-refractivity contribution is 0.598. The smallest absolute Gasteiger partial charge is 0.240 e. The van der Waals surface area contributed by atoms with Crippen molar-refractivity contribution in [3.05, 3.63) is 18.2 Å². The molecule has 5 nitrogen and oxygen atoms in total. The Balaban J connectivity index is 3.19. The summed E-state index contributed by atoms with van der Waals surface area (Å²) < 4.78 is 22.8. The lowest BCUT2D eigenvalue weighted by atomic mass is 10.2. The number of nitrogen functional groups attached to an aromatic ring is 1. The zero-order valence-corrected chi connectivity index (χ0v) is 12.4. The number of primary sulfonamides is 1. The molecule has 1 aromatic carbocycles. The van der Waals surface area contributed by atoms with Crippen molar-refractivity contribution in [1.82, 2.24) is 0 Å². The molecule has 0 amide bonds. The maximum atomic E-state index is 11.4. The molecule has 0 aliphatic rings. The predicted molar refractivity (Wildman–Crippen MR) is 78.5 cm³/mol. The molecule has 0 bridgehead atoms. The van der Waals surface area contributed by atoms with E-state index in [0.29, 0.717) is 5.69 Å². The SMILES string of the molecule is CSCC(C)N(C)c1cccc(S(N)(=O)=O)c1N. The molecule has 7 heteroatoms. The van der Waals surface area contributed by atoms with Crippen LogP contribution in [-0.4, -0.2) is 33.5 Å². The monoisotopic (exact) mass is 289 g/mol.